The molecule has 5 aromatic carbocycles. The Bertz CT molecular complexity index is 2510. The molecule has 238 valence electrons. The number of hydrogen-bond acceptors (Lipinski definition) is 14. The SMILES string of the molecule is CS(=O)(=O)c1ccc(/N=N/c2ccc(/N=N/c3c([SH](=O)=O)cc4cc([SH](=O)=O)c(N)cc4c3O)c3cc(S(=O)(=O)O)ccc23)cc1. The molecule has 0 aliphatic heterocycles. The van der Waals surface area contributed by atoms with Gasteiger partial charge in [0.1, 0.15) is 5.69 Å². The Labute approximate surface area is 264 Å². The first-order valence-electron chi connectivity index (χ1n) is 12.6. The average Bonchev–Trinajstić information content (AvgIpc) is 2.98. The van der Waals surface area contributed by atoms with Gasteiger partial charge in [-0.2, -0.15) is 13.5 Å². The van der Waals surface area contributed by atoms with Crippen LogP contribution in [0.25, 0.3) is 21.5 Å². The Balaban J connectivity index is 1.65. The maximum Gasteiger partial charge on any atom is 0.294 e. The number of nitrogen functional groups attached to an aromatic ring is 1. The number of fused-ring (bicyclic) bond motifs is 2. The number of aromatic hydroxyl groups is 1. The van der Waals surface area contributed by atoms with E-state index in [1.807, 2.05) is 0 Å². The zero-order valence-corrected chi connectivity index (χ0v) is 26.6. The second kappa shape index (κ2) is 12.2. The molecule has 0 heterocycles. The van der Waals surface area contributed by atoms with Gasteiger partial charge in [-0.1, -0.05) is 6.07 Å². The molecule has 0 bridgehead atoms. The molecule has 0 aromatic heterocycles. The number of nitrogens with zero attached hydrogens (tertiary/aromatic N) is 4. The Morgan fingerprint density at radius 1 is 0.652 bits per heavy atom. The van der Waals surface area contributed by atoms with Crippen LogP contribution in [0.15, 0.2) is 113 Å². The van der Waals surface area contributed by atoms with Gasteiger partial charge in [-0.25, -0.2) is 25.3 Å². The van der Waals surface area contributed by atoms with E-state index in [9.17, 15) is 43.3 Å². The fraction of sp³-hybridized carbons (Fsp3) is 0.0370. The summed E-state index contributed by atoms with van der Waals surface area (Å²) in [6, 6.07) is 15.3. The van der Waals surface area contributed by atoms with Gasteiger partial charge in [0.2, 0.25) is 0 Å². The van der Waals surface area contributed by atoms with Gasteiger partial charge in [-0.05, 0) is 72.1 Å². The van der Waals surface area contributed by atoms with Crippen LogP contribution in [0.4, 0.5) is 28.4 Å². The molecule has 0 spiro atoms. The van der Waals surface area contributed by atoms with Gasteiger partial charge in [0, 0.05) is 22.4 Å². The monoisotopic (exact) mass is 703 g/mol. The molecule has 0 radical (unpaired) electrons. The van der Waals surface area contributed by atoms with Crippen LogP contribution in [0.5, 0.6) is 5.75 Å². The van der Waals surface area contributed by atoms with Crippen molar-refractivity contribution in [3.8, 4) is 5.75 Å². The molecule has 0 atom stereocenters. The Kier molecular flexibility index (Phi) is 8.62. The summed E-state index contributed by atoms with van der Waals surface area (Å²) < 4.78 is 104. The Morgan fingerprint density at radius 2 is 1.22 bits per heavy atom. The van der Waals surface area contributed by atoms with Crippen LogP contribution in [0.2, 0.25) is 0 Å². The summed E-state index contributed by atoms with van der Waals surface area (Å²) in [5.74, 6) is -0.662. The largest absolute Gasteiger partial charge is 0.505 e. The summed E-state index contributed by atoms with van der Waals surface area (Å²) in [6.07, 6.45) is 1.06. The molecule has 15 nitrogen and oxygen atoms in total. The van der Waals surface area contributed by atoms with Gasteiger partial charge >= 0.3 is 0 Å². The highest BCUT2D eigenvalue weighted by atomic mass is 32.2. The lowest BCUT2D eigenvalue weighted by Gasteiger charge is -2.10. The number of thiol groups is 2. The fourth-order valence-corrected chi connectivity index (χ4v) is 6.64. The van der Waals surface area contributed by atoms with E-state index in [-0.39, 0.29) is 48.4 Å². The predicted molar refractivity (Wildman–Crippen MR) is 169 cm³/mol. The third kappa shape index (κ3) is 6.58. The fourth-order valence-electron chi connectivity index (χ4n) is 4.41. The zero-order chi connectivity index (χ0) is 33.6. The van der Waals surface area contributed by atoms with Crippen LogP contribution >= 0.6 is 0 Å². The number of rotatable bonds is 8. The molecule has 46 heavy (non-hydrogen) atoms. The van der Waals surface area contributed by atoms with Crippen molar-refractivity contribution < 1.29 is 43.3 Å². The van der Waals surface area contributed by atoms with Crippen molar-refractivity contribution in [1.82, 2.24) is 0 Å². The standard InChI is InChI=1S/C27H21N5O10S4/c1-45(38,39)16-4-2-15(3-5-16)29-30-22-8-9-23(20-12-17(46(40,41)42)6-7-18(20)22)31-32-26-25(44(36)37)11-14-10-24(43(34)35)21(28)13-19(14)27(26)33/h2-13,33,43-44H,28H2,1H3,(H,40,41,42)/b30-29+,32-31+. The molecule has 19 heteroatoms. The molecule has 0 unspecified atom stereocenters. The lowest BCUT2D eigenvalue weighted by Crippen LogP contribution is -1.97. The number of hydrogen-bond donors (Lipinski definition) is 5. The molecule has 5 rings (SSSR count). The summed E-state index contributed by atoms with van der Waals surface area (Å²) in [6.45, 7) is 0. The molecule has 0 aliphatic rings. The number of benzene rings is 5. The van der Waals surface area contributed by atoms with Crippen molar-refractivity contribution in [2.24, 2.45) is 20.5 Å². The molecule has 0 amide bonds. The molecule has 0 saturated heterocycles. The molecular weight excluding hydrogens is 683 g/mol. The first kappa shape index (κ1) is 32.6. The summed E-state index contributed by atoms with van der Waals surface area (Å²) in [7, 11) is -14.6. The molecule has 0 fully saturated rings. The van der Waals surface area contributed by atoms with Crippen molar-refractivity contribution in [2.45, 2.75) is 19.6 Å². The molecule has 0 aliphatic carbocycles. The minimum absolute atomic E-state index is 0.00787. The third-order valence-corrected chi connectivity index (χ3v) is 10.1. The van der Waals surface area contributed by atoms with Crippen molar-refractivity contribution in [2.75, 3.05) is 12.0 Å². The lowest BCUT2D eigenvalue weighted by molar-refractivity contribution is 0.480. The normalized spacial score (nSPS) is 12.8. The van der Waals surface area contributed by atoms with Crippen molar-refractivity contribution in [1.29, 1.82) is 0 Å². The van der Waals surface area contributed by atoms with E-state index in [0.29, 0.717) is 5.69 Å². The summed E-state index contributed by atoms with van der Waals surface area (Å²) in [4.78, 5) is -1.18. The molecule has 0 saturated carbocycles. The van der Waals surface area contributed by atoms with E-state index in [2.05, 4.69) is 20.5 Å². The van der Waals surface area contributed by atoms with E-state index >= 15 is 0 Å². The third-order valence-electron chi connectivity index (χ3n) is 6.64. The lowest BCUT2D eigenvalue weighted by atomic mass is 10.1. The van der Waals surface area contributed by atoms with Crippen molar-refractivity contribution >= 4 is 91.3 Å². The van der Waals surface area contributed by atoms with Gasteiger partial charge in [0.15, 0.2) is 37.0 Å². The number of sulfone groups is 1. The maximum absolute atomic E-state index is 12.1. The van der Waals surface area contributed by atoms with E-state index in [1.54, 1.807) is 0 Å². The van der Waals surface area contributed by atoms with Crippen molar-refractivity contribution in [3.63, 3.8) is 0 Å². The van der Waals surface area contributed by atoms with Crippen LogP contribution in [-0.4, -0.2) is 49.6 Å². The van der Waals surface area contributed by atoms with Crippen LogP contribution in [0, 0.1) is 0 Å². The van der Waals surface area contributed by atoms with E-state index < -0.39 is 62.6 Å². The van der Waals surface area contributed by atoms with Gasteiger partial charge in [0.05, 0.1) is 42.3 Å². The topological polar surface area (TPSA) is 252 Å². The van der Waals surface area contributed by atoms with Gasteiger partial charge in [-0.15, -0.1) is 15.3 Å². The number of nitrogens with two attached hydrogens (primary N) is 1. The average molecular weight is 704 g/mol. The summed E-state index contributed by atoms with van der Waals surface area (Å²) in [5, 5.41) is 27.7. The number of anilines is 1. The number of phenolic OH excluding ortho intramolecular Hbond substituents is 1. The minimum atomic E-state index is -4.68. The van der Waals surface area contributed by atoms with E-state index in [0.717, 1.165) is 36.6 Å². The quantitative estimate of drug-likeness (QED) is 0.0640. The second-order valence-electron chi connectivity index (χ2n) is 9.69. The highest BCUT2D eigenvalue weighted by Gasteiger charge is 2.18. The van der Waals surface area contributed by atoms with Crippen LogP contribution in [0.1, 0.15) is 0 Å². The summed E-state index contributed by atoms with van der Waals surface area (Å²) >= 11 is 0. The van der Waals surface area contributed by atoms with Gasteiger partial charge in [-0.3, -0.25) is 4.55 Å². The molecule has 4 N–H and O–H groups in total. The highest BCUT2D eigenvalue weighted by molar-refractivity contribution is 7.90. The van der Waals surface area contributed by atoms with Gasteiger partial charge in [0.25, 0.3) is 10.1 Å². The number of azo groups is 2. The Hall–Kier alpha value is -4.82. The first-order chi connectivity index (χ1) is 21.5. The molecular formula is C27H21N5O10S4. The minimum Gasteiger partial charge on any atom is -0.505 e. The van der Waals surface area contributed by atoms with Crippen LogP contribution < -0.4 is 5.73 Å². The van der Waals surface area contributed by atoms with Crippen molar-refractivity contribution in [3.05, 3.63) is 72.8 Å². The Morgan fingerprint density at radius 3 is 1.80 bits per heavy atom. The highest BCUT2D eigenvalue weighted by Crippen LogP contribution is 2.43. The maximum atomic E-state index is 12.1. The van der Waals surface area contributed by atoms with Crippen LogP contribution in [0.3, 0.4) is 0 Å². The smallest absolute Gasteiger partial charge is 0.294 e. The van der Waals surface area contributed by atoms with Crippen LogP contribution in [-0.2, 0) is 41.4 Å². The summed E-state index contributed by atoms with van der Waals surface area (Å²) in [5.41, 5.74) is 5.60. The molecule has 5 aromatic rings. The number of phenols is 1. The van der Waals surface area contributed by atoms with E-state index in [1.165, 1.54) is 42.5 Å². The second-order valence-corrected chi connectivity index (χ2v) is 15.1. The first-order valence-corrected chi connectivity index (χ1v) is 18.3. The zero-order valence-electron chi connectivity index (χ0n) is 23.2. The van der Waals surface area contributed by atoms with E-state index in [4.69, 9.17) is 5.73 Å². The predicted octanol–water partition coefficient (Wildman–Crippen LogP) is 4.70. The van der Waals surface area contributed by atoms with Gasteiger partial charge < -0.3 is 10.8 Å².